The van der Waals surface area contributed by atoms with E-state index in [-0.39, 0.29) is 0 Å². The van der Waals surface area contributed by atoms with Crippen molar-refractivity contribution in [2.24, 2.45) is 0 Å². The standard InChI is InChI=1S/C16H17N3/c1-13(11-12-14-7-3-2-4-8-14)19-17-15-9-5-6-10-16(15)18-19/h2-10,13H,11-12H2,1H3. The highest BCUT2D eigenvalue weighted by atomic mass is 15.5. The number of fused-ring (bicyclic) bond motifs is 1. The Morgan fingerprint density at radius 1 is 0.895 bits per heavy atom. The van der Waals surface area contributed by atoms with Gasteiger partial charge in [0.1, 0.15) is 11.0 Å². The van der Waals surface area contributed by atoms with Crippen LogP contribution in [0.5, 0.6) is 0 Å². The summed E-state index contributed by atoms with van der Waals surface area (Å²) in [6, 6.07) is 18.9. The minimum Gasteiger partial charge on any atom is -0.181 e. The van der Waals surface area contributed by atoms with Crippen molar-refractivity contribution >= 4 is 11.0 Å². The van der Waals surface area contributed by atoms with Crippen LogP contribution in [0.3, 0.4) is 0 Å². The van der Waals surface area contributed by atoms with Gasteiger partial charge in [-0.25, -0.2) is 0 Å². The van der Waals surface area contributed by atoms with E-state index in [9.17, 15) is 0 Å². The lowest BCUT2D eigenvalue weighted by Crippen LogP contribution is -2.09. The molecule has 0 amide bonds. The Balaban J connectivity index is 1.71. The fraction of sp³-hybridized carbons (Fsp3) is 0.250. The van der Waals surface area contributed by atoms with Crippen LogP contribution in [0.1, 0.15) is 24.9 Å². The molecule has 3 aromatic rings. The fourth-order valence-corrected chi connectivity index (χ4v) is 2.21. The first kappa shape index (κ1) is 11.9. The van der Waals surface area contributed by atoms with Crippen LogP contribution in [-0.2, 0) is 6.42 Å². The lowest BCUT2D eigenvalue weighted by molar-refractivity contribution is 0.414. The number of hydrogen-bond donors (Lipinski definition) is 0. The van der Waals surface area contributed by atoms with E-state index in [0.29, 0.717) is 6.04 Å². The van der Waals surface area contributed by atoms with Crippen molar-refractivity contribution in [1.82, 2.24) is 15.0 Å². The summed E-state index contributed by atoms with van der Waals surface area (Å²) >= 11 is 0. The van der Waals surface area contributed by atoms with Crippen LogP contribution in [0.15, 0.2) is 54.6 Å². The third-order valence-electron chi connectivity index (χ3n) is 3.39. The minimum absolute atomic E-state index is 0.313. The Bertz CT molecular complexity index is 625. The molecule has 96 valence electrons. The second kappa shape index (κ2) is 5.22. The molecule has 0 aliphatic carbocycles. The first-order valence-electron chi connectivity index (χ1n) is 6.68. The molecular formula is C16H17N3. The number of aryl methyl sites for hydroxylation is 1. The highest BCUT2D eigenvalue weighted by molar-refractivity contribution is 5.72. The van der Waals surface area contributed by atoms with Gasteiger partial charge in [0.25, 0.3) is 0 Å². The maximum Gasteiger partial charge on any atom is 0.113 e. The Morgan fingerprint density at radius 2 is 1.47 bits per heavy atom. The molecule has 2 aromatic carbocycles. The highest BCUT2D eigenvalue weighted by Gasteiger charge is 2.09. The van der Waals surface area contributed by atoms with Gasteiger partial charge in [-0.1, -0.05) is 42.5 Å². The van der Waals surface area contributed by atoms with Crippen LogP contribution in [0.2, 0.25) is 0 Å². The molecule has 1 atom stereocenters. The Labute approximate surface area is 112 Å². The molecule has 0 saturated heterocycles. The van der Waals surface area contributed by atoms with Gasteiger partial charge in [0.05, 0.1) is 6.04 Å². The molecule has 3 rings (SSSR count). The molecule has 3 nitrogen and oxygen atoms in total. The average molecular weight is 251 g/mol. The van der Waals surface area contributed by atoms with Crippen molar-refractivity contribution in [3.8, 4) is 0 Å². The molecule has 0 N–H and O–H groups in total. The molecule has 0 aliphatic rings. The van der Waals surface area contributed by atoms with Gasteiger partial charge in [-0.2, -0.15) is 15.0 Å². The molecule has 0 aliphatic heterocycles. The molecule has 19 heavy (non-hydrogen) atoms. The van der Waals surface area contributed by atoms with E-state index in [1.165, 1.54) is 5.56 Å². The SMILES string of the molecule is CC(CCc1ccccc1)n1nc2ccccc2n1. The van der Waals surface area contributed by atoms with Crippen LogP contribution < -0.4 is 0 Å². The topological polar surface area (TPSA) is 30.7 Å². The summed E-state index contributed by atoms with van der Waals surface area (Å²) in [4.78, 5) is 1.84. The van der Waals surface area contributed by atoms with Crippen LogP contribution >= 0.6 is 0 Å². The van der Waals surface area contributed by atoms with Gasteiger partial charge in [-0.05, 0) is 37.5 Å². The molecular weight excluding hydrogens is 234 g/mol. The molecule has 0 radical (unpaired) electrons. The molecule has 0 saturated carbocycles. The maximum atomic E-state index is 4.53. The van der Waals surface area contributed by atoms with Gasteiger partial charge in [0.2, 0.25) is 0 Å². The van der Waals surface area contributed by atoms with Gasteiger partial charge in [0, 0.05) is 0 Å². The Hall–Kier alpha value is -2.16. The van der Waals surface area contributed by atoms with Crippen molar-refractivity contribution in [2.75, 3.05) is 0 Å². The number of hydrogen-bond acceptors (Lipinski definition) is 2. The van der Waals surface area contributed by atoms with E-state index >= 15 is 0 Å². The van der Waals surface area contributed by atoms with Crippen LogP contribution in [0, 0.1) is 0 Å². The zero-order valence-corrected chi connectivity index (χ0v) is 11.0. The predicted molar refractivity (Wildman–Crippen MR) is 77.0 cm³/mol. The largest absolute Gasteiger partial charge is 0.181 e. The quantitative estimate of drug-likeness (QED) is 0.709. The van der Waals surface area contributed by atoms with Crippen molar-refractivity contribution < 1.29 is 0 Å². The van der Waals surface area contributed by atoms with Crippen LogP contribution in [0.4, 0.5) is 0 Å². The molecule has 3 heteroatoms. The van der Waals surface area contributed by atoms with Gasteiger partial charge >= 0.3 is 0 Å². The molecule has 0 bridgehead atoms. The van der Waals surface area contributed by atoms with E-state index in [0.717, 1.165) is 23.9 Å². The summed E-state index contributed by atoms with van der Waals surface area (Å²) < 4.78 is 0. The fourth-order valence-electron chi connectivity index (χ4n) is 2.21. The van der Waals surface area contributed by atoms with Crippen molar-refractivity contribution in [3.05, 3.63) is 60.2 Å². The zero-order valence-electron chi connectivity index (χ0n) is 11.0. The van der Waals surface area contributed by atoms with E-state index in [4.69, 9.17) is 0 Å². The second-order valence-electron chi connectivity index (χ2n) is 4.88. The van der Waals surface area contributed by atoms with Crippen molar-refractivity contribution in [3.63, 3.8) is 0 Å². The molecule has 0 fully saturated rings. The summed E-state index contributed by atoms with van der Waals surface area (Å²) in [5.41, 5.74) is 3.30. The number of nitrogens with zero attached hydrogens (tertiary/aromatic N) is 3. The smallest absolute Gasteiger partial charge is 0.113 e. The number of benzene rings is 2. The third kappa shape index (κ3) is 2.65. The van der Waals surface area contributed by atoms with E-state index in [1.54, 1.807) is 0 Å². The Morgan fingerprint density at radius 3 is 2.11 bits per heavy atom. The predicted octanol–water partition coefficient (Wildman–Crippen LogP) is 3.63. The number of aromatic nitrogens is 3. The summed E-state index contributed by atoms with van der Waals surface area (Å²) in [6.45, 7) is 2.17. The molecule has 1 unspecified atom stereocenters. The first-order valence-corrected chi connectivity index (χ1v) is 6.68. The minimum atomic E-state index is 0.313. The van der Waals surface area contributed by atoms with Gasteiger partial charge in [-0.3, -0.25) is 0 Å². The lowest BCUT2D eigenvalue weighted by atomic mass is 10.1. The number of rotatable bonds is 4. The van der Waals surface area contributed by atoms with E-state index in [1.807, 2.05) is 29.1 Å². The monoisotopic (exact) mass is 251 g/mol. The maximum absolute atomic E-state index is 4.53. The summed E-state index contributed by atoms with van der Waals surface area (Å²) in [5.74, 6) is 0. The molecule has 0 spiro atoms. The highest BCUT2D eigenvalue weighted by Crippen LogP contribution is 2.15. The summed E-state index contributed by atoms with van der Waals surface area (Å²) in [6.07, 6.45) is 2.10. The summed E-state index contributed by atoms with van der Waals surface area (Å²) in [7, 11) is 0. The molecule has 1 heterocycles. The van der Waals surface area contributed by atoms with Crippen molar-refractivity contribution in [2.45, 2.75) is 25.8 Å². The third-order valence-corrected chi connectivity index (χ3v) is 3.39. The Kier molecular flexibility index (Phi) is 3.27. The van der Waals surface area contributed by atoms with Crippen LogP contribution in [-0.4, -0.2) is 15.0 Å². The van der Waals surface area contributed by atoms with E-state index in [2.05, 4.69) is 47.5 Å². The second-order valence-corrected chi connectivity index (χ2v) is 4.88. The summed E-state index contributed by atoms with van der Waals surface area (Å²) in [5, 5.41) is 9.06. The first-order chi connectivity index (χ1) is 9.33. The van der Waals surface area contributed by atoms with Crippen LogP contribution in [0.25, 0.3) is 11.0 Å². The van der Waals surface area contributed by atoms with Crippen molar-refractivity contribution in [1.29, 1.82) is 0 Å². The lowest BCUT2D eigenvalue weighted by Gasteiger charge is -2.10. The van der Waals surface area contributed by atoms with Gasteiger partial charge < -0.3 is 0 Å². The average Bonchev–Trinajstić information content (AvgIpc) is 2.90. The zero-order chi connectivity index (χ0) is 13.1. The normalized spacial score (nSPS) is 12.7. The van der Waals surface area contributed by atoms with Gasteiger partial charge in [-0.15, -0.1) is 0 Å². The van der Waals surface area contributed by atoms with E-state index < -0.39 is 0 Å². The van der Waals surface area contributed by atoms with Gasteiger partial charge in [0.15, 0.2) is 0 Å². The molecule has 1 aromatic heterocycles.